The molecular formula is C13H16F3NOS. The fraction of sp³-hybridized carbons (Fsp3) is 0.615. The van der Waals surface area contributed by atoms with Crippen LogP contribution in [-0.4, -0.2) is 36.0 Å². The third kappa shape index (κ3) is 4.04. The number of hydrogen-bond acceptors (Lipinski definition) is 3. The first-order valence-corrected chi connectivity index (χ1v) is 6.99. The van der Waals surface area contributed by atoms with Crippen LogP contribution in [0.3, 0.4) is 0 Å². The van der Waals surface area contributed by atoms with E-state index in [1.54, 1.807) is 6.07 Å². The quantitative estimate of drug-likeness (QED) is 0.773. The van der Waals surface area contributed by atoms with Gasteiger partial charge in [0.05, 0.1) is 13.1 Å². The van der Waals surface area contributed by atoms with E-state index in [1.165, 1.54) is 16.2 Å². The van der Waals surface area contributed by atoms with Crippen LogP contribution in [0.4, 0.5) is 13.2 Å². The Bertz CT molecular complexity index is 477. The highest BCUT2D eigenvalue weighted by molar-refractivity contribution is 7.12. The molecule has 0 bridgehead atoms. The Morgan fingerprint density at radius 1 is 1.42 bits per heavy atom. The third-order valence-corrected chi connectivity index (χ3v) is 4.10. The molecule has 106 valence electrons. The Morgan fingerprint density at radius 3 is 2.47 bits per heavy atom. The molecule has 0 N–H and O–H groups in total. The maximum atomic E-state index is 12.5. The van der Waals surface area contributed by atoms with Gasteiger partial charge in [0.25, 0.3) is 0 Å². The Balaban J connectivity index is 2.05. The minimum atomic E-state index is -4.25. The molecule has 2 rings (SSSR count). The lowest BCUT2D eigenvalue weighted by Gasteiger charge is -2.22. The van der Waals surface area contributed by atoms with Gasteiger partial charge in [-0.25, -0.2) is 0 Å². The molecule has 2 nitrogen and oxygen atoms in total. The number of thiophene rings is 1. The molecule has 0 aliphatic heterocycles. The normalized spacial score (nSPS) is 16.1. The molecule has 0 unspecified atom stereocenters. The van der Waals surface area contributed by atoms with Crippen molar-refractivity contribution in [3.63, 3.8) is 0 Å². The second kappa shape index (κ2) is 5.25. The number of carbonyl (C=O) groups excluding carboxylic acids is 1. The molecule has 19 heavy (non-hydrogen) atoms. The van der Waals surface area contributed by atoms with Crippen molar-refractivity contribution >= 4 is 17.1 Å². The molecule has 1 aromatic heterocycles. The van der Waals surface area contributed by atoms with E-state index in [-0.39, 0.29) is 18.4 Å². The lowest BCUT2D eigenvalue weighted by molar-refractivity contribution is -0.145. The van der Waals surface area contributed by atoms with Gasteiger partial charge < -0.3 is 0 Å². The lowest BCUT2D eigenvalue weighted by atomic mass is 10.1. The fourth-order valence-electron chi connectivity index (χ4n) is 2.16. The van der Waals surface area contributed by atoms with Crippen LogP contribution in [0.5, 0.6) is 0 Å². The maximum Gasteiger partial charge on any atom is 0.401 e. The number of rotatable bonds is 5. The van der Waals surface area contributed by atoms with E-state index >= 15 is 0 Å². The number of Topliss-reactive ketones (excluding diaryl/α,β-unsaturated/α-hetero) is 1. The van der Waals surface area contributed by atoms with E-state index in [9.17, 15) is 18.0 Å². The number of alkyl halides is 3. The van der Waals surface area contributed by atoms with E-state index in [0.717, 1.165) is 22.6 Å². The van der Waals surface area contributed by atoms with Crippen molar-refractivity contribution in [1.29, 1.82) is 0 Å². The maximum absolute atomic E-state index is 12.5. The fourth-order valence-corrected chi connectivity index (χ4v) is 3.10. The summed E-state index contributed by atoms with van der Waals surface area (Å²) in [6, 6.07) is 1.69. The largest absolute Gasteiger partial charge is 0.401 e. The molecule has 1 aliphatic rings. The van der Waals surface area contributed by atoms with Crippen molar-refractivity contribution < 1.29 is 18.0 Å². The Morgan fingerprint density at radius 2 is 2.05 bits per heavy atom. The number of ketones is 1. The van der Waals surface area contributed by atoms with Gasteiger partial charge in [0, 0.05) is 21.4 Å². The summed E-state index contributed by atoms with van der Waals surface area (Å²) in [5.74, 6) is -0.210. The van der Waals surface area contributed by atoms with Crippen LogP contribution >= 0.6 is 11.3 Å². The Labute approximate surface area is 114 Å². The molecule has 1 aliphatic carbocycles. The van der Waals surface area contributed by atoms with Crippen molar-refractivity contribution in [3.05, 3.63) is 21.4 Å². The SMILES string of the molecule is Cc1cc(C(=O)CN(CC(F)(F)F)C2CC2)c(C)s1. The van der Waals surface area contributed by atoms with Crippen molar-refractivity contribution in [1.82, 2.24) is 4.90 Å². The average Bonchev–Trinajstić information content (AvgIpc) is 3.01. The number of hydrogen-bond donors (Lipinski definition) is 0. The Hall–Kier alpha value is -0.880. The zero-order valence-electron chi connectivity index (χ0n) is 10.9. The molecule has 1 heterocycles. The van der Waals surface area contributed by atoms with Crippen LogP contribution < -0.4 is 0 Å². The van der Waals surface area contributed by atoms with Gasteiger partial charge in [-0.05, 0) is 32.8 Å². The van der Waals surface area contributed by atoms with Gasteiger partial charge in [-0.2, -0.15) is 13.2 Å². The van der Waals surface area contributed by atoms with Gasteiger partial charge in [-0.3, -0.25) is 9.69 Å². The molecule has 1 saturated carbocycles. The van der Waals surface area contributed by atoms with Crippen molar-refractivity contribution in [2.24, 2.45) is 0 Å². The predicted octanol–water partition coefficient (Wildman–Crippen LogP) is 3.57. The molecular weight excluding hydrogens is 275 g/mol. The van der Waals surface area contributed by atoms with E-state index in [0.29, 0.717) is 5.56 Å². The number of aryl methyl sites for hydroxylation is 2. The van der Waals surface area contributed by atoms with Gasteiger partial charge in [0.2, 0.25) is 0 Å². The minimum Gasteiger partial charge on any atom is -0.293 e. The summed E-state index contributed by atoms with van der Waals surface area (Å²) >= 11 is 1.50. The zero-order chi connectivity index (χ0) is 14.2. The highest BCUT2D eigenvalue weighted by atomic mass is 32.1. The average molecular weight is 291 g/mol. The standard InChI is InChI=1S/C13H16F3NOS/c1-8-5-11(9(2)19-8)12(18)6-17(10-3-4-10)7-13(14,15)16/h5,10H,3-4,6-7H2,1-2H3. The molecule has 0 atom stereocenters. The second-order valence-electron chi connectivity index (χ2n) is 5.00. The molecule has 1 fully saturated rings. The molecule has 0 saturated heterocycles. The summed E-state index contributed by atoms with van der Waals surface area (Å²) in [5.41, 5.74) is 0.565. The smallest absolute Gasteiger partial charge is 0.293 e. The minimum absolute atomic E-state index is 0.0781. The topological polar surface area (TPSA) is 20.3 Å². The summed E-state index contributed by atoms with van der Waals surface area (Å²) in [5, 5.41) is 0. The first-order valence-electron chi connectivity index (χ1n) is 6.17. The van der Waals surface area contributed by atoms with Gasteiger partial charge in [-0.1, -0.05) is 0 Å². The first-order chi connectivity index (χ1) is 8.76. The molecule has 0 spiro atoms. The van der Waals surface area contributed by atoms with E-state index in [4.69, 9.17) is 0 Å². The van der Waals surface area contributed by atoms with E-state index in [1.807, 2.05) is 13.8 Å². The van der Waals surface area contributed by atoms with Crippen LogP contribution in [0.2, 0.25) is 0 Å². The number of nitrogens with zero attached hydrogens (tertiary/aromatic N) is 1. The summed E-state index contributed by atoms with van der Waals surface area (Å²) in [6.07, 6.45) is -2.74. The van der Waals surface area contributed by atoms with Crippen LogP contribution in [0.25, 0.3) is 0 Å². The van der Waals surface area contributed by atoms with Crippen LogP contribution in [-0.2, 0) is 0 Å². The predicted molar refractivity (Wildman–Crippen MR) is 68.8 cm³/mol. The van der Waals surface area contributed by atoms with Crippen LogP contribution in [0.1, 0.15) is 33.0 Å². The van der Waals surface area contributed by atoms with Crippen molar-refractivity contribution in [2.45, 2.75) is 38.9 Å². The summed E-state index contributed by atoms with van der Waals surface area (Å²) in [7, 11) is 0. The second-order valence-corrected chi connectivity index (χ2v) is 6.46. The first kappa shape index (κ1) is 14.5. The highest BCUT2D eigenvalue weighted by Crippen LogP contribution is 2.30. The highest BCUT2D eigenvalue weighted by Gasteiger charge is 2.38. The number of carbonyl (C=O) groups is 1. The number of halogens is 3. The zero-order valence-corrected chi connectivity index (χ0v) is 11.7. The van der Waals surface area contributed by atoms with Gasteiger partial charge in [0.15, 0.2) is 5.78 Å². The lowest BCUT2D eigenvalue weighted by Crippen LogP contribution is -2.39. The van der Waals surface area contributed by atoms with Crippen molar-refractivity contribution in [2.75, 3.05) is 13.1 Å². The summed E-state index contributed by atoms with van der Waals surface area (Å²) in [4.78, 5) is 15.3. The molecule has 1 aromatic rings. The monoisotopic (exact) mass is 291 g/mol. The van der Waals surface area contributed by atoms with Gasteiger partial charge in [0.1, 0.15) is 0 Å². The summed E-state index contributed by atoms with van der Waals surface area (Å²) in [6.45, 7) is 2.59. The summed E-state index contributed by atoms with van der Waals surface area (Å²) < 4.78 is 37.4. The van der Waals surface area contributed by atoms with Gasteiger partial charge >= 0.3 is 6.18 Å². The molecule has 0 amide bonds. The van der Waals surface area contributed by atoms with Gasteiger partial charge in [-0.15, -0.1) is 11.3 Å². The van der Waals surface area contributed by atoms with E-state index < -0.39 is 12.7 Å². The van der Waals surface area contributed by atoms with E-state index in [2.05, 4.69) is 0 Å². The molecule has 0 radical (unpaired) electrons. The van der Waals surface area contributed by atoms with Crippen LogP contribution in [0, 0.1) is 13.8 Å². The molecule has 6 heteroatoms. The Kier molecular flexibility index (Phi) is 4.01. The molecule has 0 aromatic carbocycles. The third-order valence-electron chi connectivity index (χ3n) is 3.13. The van der Waals surface area contributed by atoms with Crippen LogP contribution in [0.15, 0.2) is 6.07 Å². The van der Waals surface area contributed by atoms with Crippen molar-refractivity contribution in [3.8, 4) is 0 Å².